The molecule has 6 atom stereocenters. The lowest BCUT2D eigenvalue weighted by Gasteiger charge is -2.37. The number of esters is 2. The van der Waals surface area contributed by atoms with Crippen molar-refractivity contribution in [2.75, 3.05) is 27.2 Å². The Morgan fingerprint density at radius 3 is 2.37 bits per heavy atom. The number of methoxy groups -OCH3 is 1. The molecule has 1 saturated heterocycles. The van der Waals surface area contributed by atoms with Gasteiger partial charge in [0.05, 0.1) is 19.1 Å². The number of thiazole rings is 1. The summed E-state index contributed by atoms with van der Waals surface area (Å²) in [5.41, 5.74) is 0.132. The zero-order valence-electron chi connectivity index (χ0n) is 31.5. The van der Waals surface area contributed by atoms with Crippen LogP contribution in [0, 0.1) is 17.8 Å². The second-order valence-corrected chi connectivity index (χ2v) is 15.2. The van der Waals surface area contributed by atoms with Gasteiger partial charge in [0.2, 0.25) is 11.8 Å². The molecule has 2 aliphatic rings. The third-order valence-electron chi connectivity index (χ3n) is 10.0. The number of piperidine rings is 1. The minimum Gasteiger partial charge on any atom is -0.469 e. The molecule has 3 heterocycles. The van der Waals surface area contributed by atoms with E-state index in [0.29, 0.717) is 17.3 Å². The maximum Gasteiger partial charge on any atom is 0.308 e. The Kier molecular flexibility index (Phi) is 15.1. The first-order valence-electron chi connectivity index (χ1n) is 18.4. The standard InChI is InChI=1S/C37H55N7O7S/c1-8-44-17-10-9-12-28(44)34(47)42-32(25-13-14-25)36(48)43(6)29(22(2)3)20-30(51-24(5)45)35-41-27(21-52-35)33(46)40-26(18-23(4)37(49)50-7)19-31-38-15-11-16-39-31/h11,15-16,21-23,25-26,28-30,32H,8-10,12-14,17-20H2,1-7H3,(H,40,46)(H,42,47)/t23-,26+,28+,29+,30+,32-/m0/s1. The van der Waals surface area contributed by atoms with E-state index < -0.39 is 42.0 Å². The minimum absolute atomic E-state index is 0.0306. The Labute approximate surface area is 310 Å². The minimum atomic E-state index is -0.825. The fourth-order valence-corrected chi connectivity index (χ4v) is 7.82. The normalized spacial score (nSPS) is 19.1. The van der Waals surface area contributed by atoms with Crippen LogP contribution in [-0.2, 0) is 35.1 Å². The van der Waals surface area contributed by atoms with Crippen LogP contribution in [0.1, 0.15) is 107 Å². The van der Waals surface area contributed by atoms with E-state index >= 15 is 0 Å². The predicted octanol–water partition coefficient (Wildman–Crippen LogP) is 3.72. The van der Waals surface area contributed by atoms with Crippen LogP contribution in [0.4, 0.5) is 0 Å². The maximum atomic E-state index is 14.1. The van der Waals surface area contributed by atoms with Crippen LogP contribution in [0.15, 0.2) is 23.8 Å². The van der Waals surface area contributed by atoms with Crippen LogP contribution < -0.4 is 10.6 Å². The molecular formula is C37H55N7O7S. The molecule has 0 unspecified atom stereocenters. The lowest BCUT2D eigenvalue weighted by Crippen LogP contribution is -2.57. The monoisotopic (exact) mass is 741 g/mol. The van der Waals surface area contributed by atoms with Crippen LogP contribution in [0.25, 0.3) is 0 Å². The van der Waals surface area contributed by atoms with Crippen LogP contribution in [0.2, 0.25) is 0 Å². The molecule has 0 aromatic carbocycles. The van der Waals surface area contributed by atoms with Crippen molar-refractivity contribution in [2.45, 2.75) is 116 Å². The molecule has 3 amide bonds. The molecule has 1 saturated carbocycles. The van der Waals surface area contributed by atoms with Crippen molar-refractivity contribution in [3.8, 4) is 0 Å². The highest BCUT2D eigenvalue weighted by Gasteiger charge is 2.42. The first kappa shape index (κ1) is 40.8. The highest BCUT2D eigenvalue weighted by Crippen LogP contribution is 2.36. The molecule has 286 valence electrons. The van der Waals surface area contributed by atoms with Crippen molar-refractivity contribution < 1.29 is 33.4 Å². The van der Waals surface area contributed by atoms with Crippen LogP contribution in [0.5, 0.6) is 0 Å². The fourth-order valence-electron chi connectivity index (χ4n) is 6.98. The molecule has 2 aromatic heterocycles. The summed E-state index contributed by atoms with van der Waals surface area (Å²) in [5, 5.41) is 8.12. The number of hydrogen-bond donors (Lipinski definition) is 2. The van der Waals surface area contributed by atoms with E-state index in [0.717, 1.165) is 45.2 Å². The van der Waals surface area contributed by atoms with Crippen LogP contribution in [0.3, 0.4) is 0 Å². The Balaban J connectivity index is 1.49. The summed E-state index contributed by atoms with van der Waals surface area (Å²) in [4.78, 5) is 82.7. The molecule has 2 fully saturated rings. The second kappa shape index (κ2) is 19.2. The zero-order chi connectivity index (χ0) is 37.9. The van der Waals surface area contributed by atoms with Crippen molar-refractivity contribution in [3.63, 3.8) is 0 Å². The van der Waals surface area contributed by atoms with E-state index in [2.05, 4.69) is 37.4 Å². The molecule has 0 bridgehead atoms. The van der Waals surface area contributed by atoms with E-state index in [9.17, 15) is 24.0 Å². The molecule has 4 rings (SSSR count). The third-order valence-corrected chi connectivity index (χ3v) is 11.0. The van der Waals surface area contributed by atoms with Crippen molar-refractivity contribution >= 4 is 41.0 Å². The van der Waals surface area contributed by atoms with Crippen molar-refractivity contribution in [1.82, 2.24) is 35.4 Å². The summed E-state index contributed by atoms with van der Waals surface area (Å²) in [6.45, 7) is 10.8. The van der Waals surface area contributed by atoms with Gasteiger partial charge in [-0.3, -0.25) is 28.9 Å². The Morgan fingerprint density at radius 1 is 1.04 bits per heavy atom. The lowest BCUT2D eigenvalue weighted by atomic mass is 9.95. The largest absolute Gasteiger partial charge is 0.469 e. The van der Waals surface area contributed by atoms with Gasteiger partial charge in [-0.2, -0.15) is 0 Å². The number of likely N-dealkylation sites (tertiary alicyclic amines) is 1. The number of aromatic nitrogens is 3. The summed E-state index contributed by atoms with van der Waals surface area (Å²) < 4.78 is 10.7. The Morgan fingerprint density at radius 2 is 1.75 bits per heavy atom. The zero-order valence-corrected chi connectivity index (χ0v) is 32.3. The summed E-state index contributed by atoms with van der Waals surface area (Å²) in [7, 11) is 3.06. The molecule has 2 aromatic rings. The molecule has 1 aliphatic carbocycles. The summed E-state index contributed by atoms with van der Waals surface area (Å²) in [5.74, 6) is -1.55. The second-order valence-electron chi connectivity index (χ2n) is 14.3. The van der Waals surface area contributed by atoms with Gasteiger partial charge in [0.1, 0.15) is 22.6 Å². The van der Waals surface area contributed by atoms with E-state index in [1.54, 1.807) is 42.7 Å². The molecule has 0 radical (unpaired) electrons. The van der Waals surface area contributed by atoms with Crippen molar-refractivity contribution in [3.05, 3.63) is 40.4 Å². The van der Waals surface area contributed by atoms with Gasteiger partial charge in [-0.15, -0.1) is 11.3 Å². The third kappa shape index (κ3) is 11.3. The summed E-state index contributed by atoms with van der Waals surface area (Å²) >= 11 is 1.19. The number of amides is 3. The van der Waals surface area contributed by atoms with E-state index in [-0.39, 0.29) is 54.3 Å². The number of carbonyl (C=O) groups is 5. The Hall–Kier alpha value is -3.98. The topological polar surface area (TPSA) is 173 Å². The van der Waals surface area contributed by atoms with Crippen molar-refractivity contribution in [1.29, 1.82) is 0 Å². The highest BCUT2D eigenvalue weighted by atomic mass is 32.1. The number of rotatable bonds is 18. The molecule has 2 N–H and O–H groups in total. The van der Waals surface area contributed by atoms with E-state index in [1.165, 1.54) is 25.4 Å². The maximum absolute atomic E-state index is 14.1. The number of hydrogen-bond acceptors (Lipinski definition) is 12. The first-order valence-corrected chi connectivity index (χ1v) is 19.3. The SMILES string of the molecule is CCN1CCCC[C@@H]1C(=O)N[C@H](C(=O)N(C)[C@H](C[C@@H](OC(C)=O)c1nc(C(=O)N[C@@H](Cc2ncccn2)C[C@H](C)C(=O)OC)cs1)C(C)C)C1CC1. The summed E-state index contributed by atoms with van der Waals surface area (Å²) in [6, 6.07) is -0.0251. The lowest BCUT2D eigenvalue weighted by molar-refractivity contribution is -0.149. The van der Waals surface area contributed by atoms with Gasteiger partial charge in [0, 0.05) is 56.7 Å². The van der Waals surface area contributed by atoms with Crippen LogP contribution in [-0.4, -0.2) is 106 Å². The van der Waals surface area contributed by atoms with Gasteiger partial charge in [0.25, 0.3) is 5.91 Å². The predicted molar refractivity (Wildman–Crippen MR) is 195 cm³/mol. The molecule has 1 aliphatic heterocycles. The first-order chi connectivity index (χ1) is 24.8. The van der Waals surface area contributed by atoms with Gasteiger partial charge >= 0.3 is 11.9 Å². The van der Waals surface area contributed by atoms with E-state index in [4.69, 9.17) is 9.47 Å². The van der Waals surface area contributed by atoms with Crippen LogP contribution >= 0.6 is 11.3 Å². The van der Waals surface area contributed by atoms with E-state index in [1.807, 2.05) is 13.8 Å². The molecule has 52 heavy (non-hydrogen) atoms. The number of likely N-dealkylation sites (N-methyl/N-ethyl adjacent to an activating group) is 2. The smallest absolute Gasteiger partial charge is 0.308 e. The average molecular weight is 742 g/mol. The number of ether oxygens (including phenoxy) is 2. The highest BCUT2D eigenvalue weighted by molar-refractivity contribution is 7.09. The van der Waals surface area contributed by atoms with Gasteiger partial charge in [-0.1, -0.05) is 34.1 Å². The number of carbonyl (C=O) groups excluding carboxylic acids is 5. The molecule has 15 heteroatoms. The molecule has 14 nitrogen and oxygen atoms in total. The van der Waals surface area contributed by atoms with Gasteiger partial charge in [0.15, 0.2) is 6.10 Å². The molecule has 0 spiro atoms. The summed E-state index contributed by atoms with van der Waals surface area (Å²) in [6.07, 6.45) is 7.81. The van der Waals surface area contributed by atoms with Gasteiger partial charge in [-0.05, 0) is 63.1 Å². The number of nitrogens with one attached hydrogen (secondary N) is 2. The van der Waals surface area contributed by atoms with Gasteiger partial charge < -0.3 is 25.0 Å². The molecular weight excluding hydrogens is 687 g/mol. The number of nitrogens with zero attached hydrogens (tertiary/aromatic N) is 5. The van der Waals surface area contributed by atoms with Gasteiger partial charge in [-0.25, -0.2) is 15.0 Å². The quantitative estimate of drug-likeness (QED) is 0.213. The average Bonchev–Trinajstić information content (AvgIpc) is 3.85. The van der Waals surface area contributed by atoms with Crippen molar-refractivity contribution in [2.24, 2.45) is 17.8 Å². The Bertz CT molecular complexity index is 1520. The fraction of sp³-hybridized carbons (Fsp3) is 0.676.